The first kappa shape index (κ1) is 70.1. The minimum atomic E-state index is -1.62. The molecule has 1 aliphatic heterocycles. The van der Waals surface area contributed by atoms with Crippen LogP contribution in [0.25, 0.3) is 0 Å². The Hall–Kier alpha value is -2.90. The van der Waals surface area contributed by atoms with Crippen molar-refractivity contribution in [3.05, 3.63) is 72.9 Å². The third kappa shape index (κ3) is 40.0. The van der Waals surface area contributed by atoms with Crippen molar-refractivity contribution in [3.8, 4) is 0 Å². The number of allylic oxidation sites excluding steroid dienone is 11. The number of carbonyl (C=O) groups excluding carboxylic acids is 2. The molecule has 1 amide bonds. The van der Waals surface area contributed by atoms with E-state index in [9.17, 15) is 35.1 Å². The zero-order valence-electron chi connectivity index (χ0n) is 47.9. The van der Waals surface area contributed by atoms with Crippen LogP contribution in [0.3, 0.4) is 0 Å². The van der Waals surface area contributed by atoms with Crippen LogP contribution in [0.2, 0.25) is 0 Å². The highest BCUT2D eigenvalue weighted by Gasteiger charge is 2.47. The Morgan fingerprint density at radius 3 is 1.41 bits per heavy atom. The van der Waals surface area contributed by atoms with Crippen LogP contribution in [-0.4, -0.2) is 99.6 Å². The molecule has 0 spiro atoms. The molecule has 6 N–H and O–H groups in total. The van der Waals surface area contributed by atoms with Gasteiger partial charge in [-0.1, -0.05) is 229 Å². The molecule has 11 nitrogen and oxygen atoms in total. The van der Waals surface area contributed by atoms with Crippen molar-refractivity contribution in [2.75, 3.05) is 13.2 Å². The van der Waals surface area contributed by atoms with E-state index in [1.807, 2.05) is 6.08 Å². The highest BCUT2D eigenvalue weighted by atomic mass is 16.7. The lowest BCUT2D eigenvalue weighted by atomic mass is 9.99. The molecule has 0 aromatic heterocycles. The van der Waals surface area contributed by atoms with Crippen molar-refractivity contribution >= 4 is 11.9 Å². The molecule has 0 saturated carbocycles. The van der Waals surface area contributed by atoms with Crippen LogP contribution in [0.4, 0.5) is 0 Å². The molecular weight excluding hydrogens is 943 g/mol. The SMILES string of the molecule is CCCCC/C=C\C/C=C\C/C=C\C/C=C\CCCCCCC(O)C(=O)NC(COC1OC(CO)C(O)C(O)C1OC(=O)CCCCC/C=C\CCCCCCCC)C(O)/C=C/CCCCCCCCCCCCC. The molecule has 1 fully saturated rings. The minimum absolute atomic E-state index is 0.0987. The van der Waals surface area contributed by atoms with Crippen LogP contribution in [0.5, 0.6) is 0 Å². The van der Waals surface area contributed by atoms with Crippen molar-refractivity contribution < 1.29 is 49.3 Å². The van der Waals surface area contributed by atoms with Crippen LogP contribution >= 0.6 is 0 Å². The highest BCUT2D eigenvalue weighted by Crippen LogP contribution is 2.26. The summed E-state index contributed by atoms with van der Waals surface area (Å²) in [7, 11) is 0. The number of unbranched alkanes of at least 4 members (excludes halogenated alkanes) is 27. The third-order valence-electron chi connectivity index (χ3n) is 14.1. The Bertz CT molecular complexity index is 1490. The summed E-state index contributed by atoms with van der Waals surface area (Å²) in [6, 6.07) is -1.04. The van der Waals surface area contributed by atoms with Gasteiger partial charge in [0.1, 0.15) is 24.4 Å². The van der Waals surface area contributed by atoms with Gasteiger partial charge in [-0.25, -0.2) is 0 Å². The van der Waals surface area contributed by atoms with E-state index in [1.54, 1.807) is 6.08 Å². The molecule has 1 saturated heterocycles. The van der Waals surface area contributed by atoms with Crippen LogP contribution in [0.15, 0.2) is 72.9 Å². The van der Waals surface area contributed by atoms with Gasteiger partial charge in [0.2, 0.25) is 5.91 Å². The third-order valence-corrected chi connectivity index (χ3v) is 14.1. The number of aliphatic hydroxyl groups is 5. The maximum Gasteiger partial charge on any atom is 0.306 e. The van der Waals surface area contributed by atoms with E-state index in [1.165, 1.54) is 122 Å². The second-order valence-electron chi connectivity index (χ2n) is 21.1. The lowest BCUT2D eigenvalue weighted by Gasteiger charge is -2.41. The minimum Gasteiger partial charge on any atom is -0.454 e. The number of ether oxygens (including phenoxy) is 3. The van der Waals surface area contributed by atoms with Crippen molar-refractivity contribution in [2.45, 2.75) is 307 Å². The van der Waals surface area contributed by atoms with E-state index in [-0.39, 0.29) is 19.4 Å². The Balaban J connectivity index is 2.73. The molecule has 11 heteroatoms. The van der Waals surface area contributed by atoms with Gasteiger partial charge >= 0.3 is 5.97 Å². The number of amides is 1. The zero-order chi connectivity index (χ0) is 54.7. The topological polar surface area (TPSA) is 175 Å². The standard InChI is InChI=1S/C64H113NO10/c1-4-7-10-13-16-19-22-25-26-27-28-29-30-31-34-36-39-42-45-48-51-57(68)63(72)65-55(56(67)50-47-44-41-38-35-32-23-20-17-14-11-8-5-2)54-73-64-62(61(71)60(70)58(53-66)74-64)75-59(69)52-49-46-43-40-37-33-24-21-18-15-12-9-6-3/h16,19,25-26,28-29,31,33-34,37,47,50,55-58,60-62,64,66-68,70-71H,4-15,17-18,20-24,27,30,32,35-36,38-46,48-49,51-54H2,1-3H3,(H,65,72)/b19-16-,26-25-,29-28-,34-31-,37-33-,50-47+. The fourth-order valence-electron chi connectivity index (χ4n) is 9.16. The monoisotopic (exact) mass is 1060 g/mol. The lowest BCUT2D eigenvalue weighted by Crippen LogP contribution is -2.61. The molecule has 8 unspecified atom stereocenters. The molecule has 0 bridgehead atoms. The summed E-state index contributed by atoms with van der Waals surface area (Å²) < 4.78 is 17.6. The number of nitrogens with one attached hydrogen (secondary N) is 1. The van der Waals surface area contributed by atoms with Gasteiger partial charge in [0.15, 0.2) is 12.4 Å². The number of esters is 1. The van der Waals surface area contributed by atoms with Gasteiger partial charge < -0.3 is 45.1 Å². The van der Waals surface area contributed by atoms with Crippen molar-refractivity contribution in [3.63, 3.8) is 0 Å². The number of aliphatic hydroxyl groups excluding tert-OH is 5. The largest absolute Gasteiger partial charge is 0.454 e. The first-order chi connectivity index (χ1) is 36.7. The molecular formula is C64H113NO10. The van der Waals surface area contributed by atoms with Gasteiger partial charge in [-0.2, -0.15) is 0 Å². The number of carbonyl (C=O) groups is 2. The van der Waals surface area contributed by atoms with Crippen LogP contribution in [0, 0.1) is 0 Å². The van der Waals surface area contributed by atoms with Crippen molar-refractivity contribution in [2.24, 2.45) is 0 Å². The molecule has 1 rings (SSSR count). The van der Waals surface area contributed by atoms with Gasteiger partial charge in [0, 0.05) is 6.42 Å². The fourth-order valence-corrected chi connectivity index (χ4v) is 9.16. The number of hydrogen-bond acceptors (Lipinski definition) is 10. The molecule has 0 aromatic carbocycles. The van der Waals surface area contributed by atoms with Crippen LogP contribution in [-0.2, 0) is 23.8 Å². The quantitative estimate of drug-likeness (QED) is 0.0195. The summed E-state index contributed by atoms with van der Waals surface area (Å²) in [6.07, 6.45) is 55.1. The Morgan fingerprint density at radius 1 is 0.520 bits per heavy atom. The summed E-state index contributed by atoms with van der Waals surface area (Å²) >= 11 is 0. The molecule has 434 valence electrons. The maximum absolute atomic E-state index is 13.4. The average molecular weight is 1060 g/mol. The van der Waals surface area contributed by atoms with Crippen LogP contribution in [0.1, 0.15) is 258 Å². The average Bonchev–Trinajstić information content (AvgIpc) is 3.41. The maximum atomic E-state index is 13.4. The van der Waals surface area contributed by atoms with E-state index in [0.717, 1.165) is 89.9 Å². The van der Waals surface area contributed by atoms with Gasteiger partial charge in [0.25, 0.3) is 0 Å². The first-order valence-electron chi connectivity index (χ1n) is 30.7. The Kier molecular flexibility index (Phi) is 48.5. The Labute approximate surface area is 458 Å². The summed E-state index contributed by atoms with van der Waals surface area (Å²) in [5, 5.41) is 56.9. The van der Waals surface area contributed by atoms with Gasteiger partial charge in [-0.15, -0.1) is 0 Å². The first-order valence-corrected chi connectivity index (χ1v) is 30.7. The van der Waals surface area contributed by atoms with E-state index in [0.29, 0.717) is 12.8 Å². The van der Waals surface area contributed by atoms with Gasteiger partial charge in [-0.05, 0) is 96.3 Å². The molecule has 0 aliphatic carbocycles. The second-order valence-corrected chi connectivity index (χ2v) is 21.1. The van der Waals surface area contributed by atoms with Crippen molar-refractivity contribution in [1.82, 2.24) is 5.32 Å². The van der Waals surface area contributed by atoms with Crippen molar-refractivity contribution in [1.29, 1.82) is 0 Å². The molecule has 0 aromatic rings. The van der Waals surface area contributed by atoms with E-state index >= 15 is 0 Å². The van der Waals surface area contributed by atoms with E-state index in [2.05, 4.69) is 86.8 Å². The molecule has 0 radical (unpaired) electrons. The fraction of sp³-hybridized carbons (Fsp3) is 0.781. The summed E-state index contributed by atoms with van der Waals surface area (Å²) in [6.45, 7) is 5.73. The second kappa shape index (κ2) is 51.8. The normalized spacial score (nSPS) is 19.7. The highest BCUT2D eigenvalue weighted by molar-refractivity contribution is 5.80. The van der Waals surface area contributed by atoms with Gasteiger partial charge in [-0.3, -0.25) is 9.59 Å². The van der Waals surface area contributed by atoms with Crippen LogP contribution < -0.4 is 5.32 Å². The predicted molar refractivity (Wildman–Crippen MR) is 310 cm³/mol. The predicted octanol–water partition coefficient (Wildman–Crippen LogP) is 14.4. The lowest BCUT2D eigenvalue weighted by molar-refractivity contribution is -0.305. The summed E-state index contributed by atoms with van der Waals surface area (Å²) in [5.74, 6) is -1.23. The smallest absolute Gasteiger partial charge is 0.306 e. The number of rotatable bonds is 51. The Morgan fingerprint density at radius 2 is 0.920 bits per heavy atom. The summed E-state index contributed by atoms with van der Waals surface area (Å²) in [4.78, 5) is 26.5. The molecule has 1 heterocycles. The number of hydrogen-bond donors (Lipinski definition) is 6. The van der Waals surface area contributed by atoms with E-state index < -0.39 is 67.4 Å². The molecule has 75 heavy (non-hydrogen) atoms. The summed E-state index contributed by atoms with van der Waals surface area (Å²) in [5.41, 5.74) is 0. The van der Waals surface area contributed by atoms with Gasteiger partial charge in [0.05, 0.1) is 25.4 Å². The van der Waals surface area contributed by atoms with E-state index in [4.69, 9.17) is 14.2 Å². The molecule has 1 aliphatic rings. The molecule has 8 atom stereocenters. The zero-order valence-corrected chi connectivity index (χ0v) is 47.9.